The van der Waals surface area contributed by atoms with Crippen molar-refractivity contribution in [3.63, 3.8) is 0 Å². The van der Waals surface area contributed by atoms with Crippen molar-refractivity contribution in [1.29, 1.82) is 0 Å². The van der Waals surface area contributed by atoms with Crippen LogP contribution in [0, 0.1) is 11.8 Å². The summed E-state index contributed by atoms with van der Waals surface area (Å²) in [4.78, 5) is 0. The van der Waals surface area contributed by atoms with Crippen LogP contribution >= 0.6 is 0 Å². The van der Waals surface area contributed by atoms with E-state index < -0.39 is 0 Å². The van der Waals surface area contributed by atoms with Crippen LogP contribution in [0.25, 0.3) is 0 Å². The minimum atomic E-state index is 0.0156. The average molecular weight is 157 g/mol. The highest BCUT2D eigenvalue weighted by molar-refractivity contribution is 4.86. The predicted molar refractivity (Wildman–Crippen MR) is 46.4 cm³/mol. The molecule has 1 aliphatic rings. The summed E-state index contributed by atoms with van der Waals surface area (Å²) in [7, 11) is 0. The summed E-state index contributed by atoms with van der Waals surface area (Å²) >= 11 is 0. The van der Waals surface area contributed by atoms with Crippen molar-refractivity contribution in [2.24, 2.45) is 17.6 Å². The fourth-order valence-corrected chi connectivity index (χ4v) is 1.16. The SMILES string of the molecule is CC(C)(C)OCC1CC1CN. The second kappa shape index (κ2) is 3.11. The van der Waals surface area contributed by atoms with E-state index in [1.165, 1.54) is 6.42 Å². The lowest BCUT2D eigenvalue weighted by Gasteiger charge is -2.19. The first-order valence-electron chi connectivity index (χ1n) is 4.37. The normalized spacial score (nSPS) is 30.5. The molecular weight excluding hydrogens is 138 g/mol. The molecule has 0 saturated heterocycles. The molecule has 0 aromatic rings. The van der Waals surface area contributed by atoms with E-state index in [0.29, 0.717) is 0 Å². The van der Waals surface area contributed by atoms with Crippen LogP contribution in [0.1, 0.15) is 27.2 Å². The molecule has 1 rings (SSSR count). The highest BCUT2D eigenvalue weighted by atomic mass is 16.5. The number of hydrogen-bond acceptors (Lipinski definition) is 2. The van der Waals surface area contributed by atoms with Crippen LogP contribution in [-0.4, -0.2) is 18.8 Å². The van der Waals surface area contributed by atoms with Crippen molar-refractivity contribution in [2.75, 3.05) is 13.2 Å². The van der Waals surface area contributed by atoms with Crippen molar-refractivity contribution in [1.82, 2.24) is 0 Å². The Morgan fingerprint density at radius 3 is 2.36 bits per heavy atom. The zero-order chi connectivity index (χ0) is 8.48. The molecule has 11 heavy (non-hydrogen) atoms. The Morgan fingerprint density at radius 1 is 1.36 bits per heavy atom. The first-order valence-corrected chi connectivity index (χ1v) is 4.37. The average Bonchev–Trinajstić information content (AvgIpc) is 2.60. The Bertz CT molecular complexity index is 128. The van der Waals surface area contributed by atoms with Gasteiger partial charge in [-0.1, -0.05) is 0 Å². The van der Waals surface area contributed by atoms with Gasteiger partial charge in [-0.2, -0.15) is 0 Å². The first kappa shape index (κ1) is 9.01. The largest absolute Gasteiger partial charge is 0.376 e. The number of hydrogen-bond donors (Lipinski definition) is 1. The third kappa shape index (κ3) is 3.21. The Labute approximate surface area is 69.1 Å². The monoisotopic (exact) mass is 157 g/mol. The summed E-state index contributed by atoms with van der Waals surface area (Å²) < 4.78 is 5.63. The molecular formula is C9H19NO. The quantitative estimate of drug-likeness (QED) is 0.672. The summed E-state index contributed by atoms with van der Waals surface area (Å²) in [5.74, 6) is 1.50. The van der Waals surface area contributed by atoms with Gasteiger partial charge in [0, 0.05) is 0 Å². The van der Waals surface area contributed by atoms with Gasteiger partial charge in [0.15, 0.2) is 0 Å². The number of rotatable bonds is 3. The van der Waals surface area contributed by atoms with Crippen LogP contribution in [0.2, 0.25) is 0 Å². The van der Waals surface area contributed by atoms with Gasteiger partial charge >= 0.3 is 0 Å². The van der Waals surface area contributed by atoms with Crippen LogP contribution in [0.4, 0.5) is 0 Å². The Morgan fingerprint density at radius 2 is 2.00 bits per heavy atom. The van der Waals surface area contributed by atoms with Gasteiger partial charge in [-0.3, -0.25) is 0 Å². The second-order valence-electron chi connectivity index (χ2n) is 4.41. The van der Waals surface area contributed by atoms with Crippen LogP contribution < -0.4 is 5.73 Å². The molecule has 0 radical (unpaired) electrons. The summed E-state index contributed by atoms with van der Waals surface area (Å²) in [5, 5.41) is 0. The van der Waals surface area contributed by atoms with E-state index in [-0.39, 0.29) is 5.60 Å². The summed E-state index contributed by atoms with van der Waals surface area (Å²) in [5.41, 5.74) is 5.52. The molecule has 0 amide bonds. The van der Waals surface area contributed by atoms with Crippen molar-refractivity contribution >= 4 is 0 Å². The van der Waals surface area contributed by atoms with Gasteiger partial charge in [0.05, 0.1) is 12.2 Å². The van der Waals surface area contributed by atoms with Crippen molar-refractivity contribution in [3.8, 4) is 0 Å². The zero-order valence-corrected chi connectivity index (χ0v) is 7.76. The number of ether oxygens (including phenoxy) is 1. The lowest BCUT2D eigenvalue weighted by molar-refractivity contribution is -0.0104. The molecule has 0 spiro atoms. The van der Waals surface area contributed by atoms with Gasteiger partial charge in [0.2, 0.25) is 0 Å². The fraction of sp³-hybridized carbons (Fsp3) is 1.00. The van der Waals surface area contributed by atoms with Gasteiger partial charge in [-0.05, 0) is 45.6 Å². The van der Waals surface area contributed by atoms with E-state index >= 15 is 0 Å². The van der Waals surface area contributed by atoms with Crippen LogP contribution in [0.5, 0.6) is 0 Å². The topological polar surface area (TPSA) is 35.2 Å². The second-order valence-corrected chi connectivity index (χ2v) is 4.41. The molecule has 2 N–H and O–H groups in total. The van der Waals surface area contributed by atoms with Crippen LogP contribution in [0.15, 0.2) is 0 Å². The molecule has 0 aromatic carbocycles. The van der Waals surface area contributed by atoms with Crippen molar-refractivity contribution < 1.29 is 4.74 Å². The Balaban J connectivity index is 2.06. The Kier molecular flexibility index (Phi) is 2.55. The molecule has 0 aromatic heterocycles. The van der Waals surface area contributed by atoms with Gasteiger partial charge in [-0.25, -0.2) is 0 Å². The van der Waals surface area contributed by atoms with Gasteiger partial charge in [-0.15, -0.1) is 0 Å². The van der Waals surface area contributed by atoms with Crippen molar-refractivity contribution in [2.45, 2.75) is 32.8 Å². The van der Waals surface area contributed by atoms with Gasteiger partial charge < -0.3 is 10.5 Å². The highest BCUT2D eigenvalue weighted by Crippen LogP contribution is 2.38. The molecule has 0 aliphatic heterocycles. The maximum atomic E-state index is 5.63. The molecule has 1 saturated carbocycles. The van der Waals surface area contributed by atoms with Gasteiger partial charge in [0.1, 0.15) is 0 Å². The van der Waals surface area contributed by atoms with E-state index in [2.05, 4.69) is 20.8 Å². The maximum Gasteiger partial charge on any atom is 0.0598 e. The minimum Gasteiger partial charge on any atom is -0.376 e. The smallest absolute Gasteiger partial charge is 0.0598 e. The van der Waals surface area contributed by atoms with Crippen LogP contribution in [0.3, 0.4) is 0 Å². The summed E-state index contributed by atoms with van der Waals surface area (Å²) in [6.07, 6.45) is 1.27. The van der Waals surface area contributed by atoms with E-state index in [0.717, 1.165) is 25.0 Å². The molecule has 2 atom stereocenters. The first-order chi connectivity index (χ1) is 5.03. The van der Waals surface area contributed by atoms with Gasteiger partial charge in [0.25, 0.3) is 0 Å². The standard InChI is InChI=1S/C9H19NO/c1-9(2,3)11-6-8-4-7(8)5-10/h7-8H,4-6,10H2,1-3H3. The predicted octanol–water partition coefficient (Wildman–Crippen LogP) is 1.40. The third-order valence-corrected chi connectivity index (χ3v) is 2.10. The molecule has 0 bridgehead atoms. The van der Waals surface area contributed by atoms with E-state index in [1.807, 2.05) is 0 Å². The summed E-state index contributed by atoms with van der Waals surface area (Å²) in [6.45, 7) is 8.00. The maximum absolute atomic E-state index is 5.63. The van der Waals surface area contributed by atoms with Crippen LogP contribution in [-0.2, 0) is 4.74 Å². The molecule has 1 aliphatic carbocycles. The fourth-order valence-electron chi connectivity index (χ4n) is 1.16. The van der Waals surface area contributed by atoms with Crippen molar-refractivity contribution in [3.05, 3.63) is 0 Å². The molecule has 66 valence electrons. The number of nitrogens with two attached hydrogens (primary N) is 1. The van der Waals surface area contributed by atoms with E-state index in [1.54, 1.807) is 0 Å². The third-order valence-electron chi connectivity index (χ3n) is 2.10. The van der Waals surface area contributed by atoms with E-state index in [4.69, 9.17) is 10.5 Å². The minimum absolute atomic E-state index is 0.0156. The molecule has 2 heteroatoms. The lowest BCUT2D eigenvalue weighted by Crippen LogP contribution is -2.21. The molecule has 1 fully saturated rings. The summed E-state index contributed by atoms with van der Waals surface area (Å²) in [6, 6.07) is 0. The highest BCUT2D eigenvalue weighted by Gasteiger charge is 2.36. The zero-order valence-electron chi connectivity index (χ0n) is 7.76. The lowest BCUT2D eigenvalue weighted by atomic mass is 10.2. The molecule has 0 heterocycles. The molecule has 2 nitrogen and oxygen atoms in total. The Hall–Kier alpha value is -0.0800. The van der Waals surface area contributed by atoms with E-state index in [9.17, 15) is 0 Å². The molecule has 2 unspecified atom stereocenters.